The van der Waals surface area contributed by atoms with Crippen molar-refractivity contribution in [2.75, 3.05) is 33.2 Å². The number of guanidine groups is 1. The van der Waals surface area contributed by atoms with Crippen LogP contribution in [0.25, 0.3) is 0 Å². The molecule has 2 rings (SSSR count). The van der Waals surface area contributed by atoms with Gasteiger partial charge in [0.15, 0.2) is 5.96 Å². The van der Waals surface area contributed by atoms with Gasteiger partial charge >= 0.3 is 0 Å². The number of nitrogens with one attached hydrogen (secondary N) is 2. The largest absolute Gasteiger partial charge is 0.356 e. The Hall–Kier alpha value is -0.830. The lowest BCUT2D eigenvalue weighted by atomic mass is 10.1. The van der Waals surface area contributed by atoms with E-state index in [9.17, 15) is 0 Å². The second-order valence-corrected chi connectivity index (χ2v) is 7.05. The van der Waals surface area contributed by atoms with Gasteiger partial charge in [-0.05, 0) is 45.7 Å². The highest BCUT2D eigenvalue weighted by molar-refractivity contribution is 14.0. The molecule has 2 heterocycles. The maximum Gasteiger partial charge on any atom is 0.191 e. The van der Waals surface area contributed by atoms with Crippen LogP contribution in [0.5, 0.6) is 0 Å². The second-order valence-electron chi connectivity index (χ2n) is 7.05. The maximum atomic E-state index is 4.46. The molecule has 25 heavy (non-hydrogen) atoms. The lowest BCUT2D eigenvalue weighted by Crippen LogP contribution is -2.42. The van der Waals surface area contributed by atoms with Gasteiger partial charge in [-0.1, -0.05) is 13.3 Å². The molecule has 0 aliphatic carbocycles. The predicted octanol–water partition coefficient (Wildman–Crippen LogP) is 2.44. The van der Waals surface area contributed by atoms with Crippen molar-refractivity contribution in [3.63, 3.8) is 0 Å². The van der Waals surface area contributed by atoms with Crippen LogP contribution >= 0.6 is 24.0 Å². The third kappa shape index (κ3) is 6.77. The summed E-state index contributed by atoms with van der Waals surface area (Å²) in [7, 11) is 3.81. The van der Waals surface area contributed by atoms with Gasteiger partial charge in [0.1, 0.15) is 0 Å². The van der Waals surface area contributed by atoms with E-state index in [1.54, 1.807) is 0 Å². The average molecular weight is 462 g/mol. The lowest BCUT2D eigenvalue weighted by Gasteiger charge is -2.29. The second kappa shape index (κ2) is 11.0. The summed E-state index contributed by atoms with van der Waals surface area (Å²) in [6.07, 6.45) is 4.10. The van der Waals surface area contributed by atoms with Crippen molar-refractivity contribution in [2.45, 2.75) is 46.6 Å². The summed E-state index contributed by atoms with van der Waals surface area (Å²) in [5.41, 5.74) is 3.53. The van der Waals surface area contributed by atoms with Gasteiger partial charge in [-0.25, -0.2) is 0 Å². The summed E-state index contributed by atoms with van der Waals surface area (Å²) in [4.78, 5) is 6.93. The monoisotopic (exact) mass is 462 g/mol. The van der Waals surface area contributed by atoms with Gasteiger partial charge in [0, 0.05) is 45.0 Å². The molecule has 144 valence electrons. The highest BCUT2D eigenvalue weighted by Crippen LogP contribution is 2.12. The fourth-order valence-corrected chi connectivity index (χ4v) is 3.38. The van der Waals surface area contributed by atoms with E-state index in [0.717, 1.165) is 24.7 Å². The molecule has 1 aromatic rings. The molecule has 1 aliphatic heterocycles. The number of piperidine rings is 1. The number of nitrogens with zero attached hydrogens (tertiary/aromatic N) is 4. The van der Waals surface area contributed by atoms with Crippen LogP contribution in [0.2, 0.25) is 0 Å². The number of aromatic nitrogens is 2. The number of rotatable bonds is 6. The Kier molecular flexibility index (Phi) is 9.78. The summed E-state index contributed by atoms with van der Waals surface area (Å²) < 4.78 is 1.93. The zero-order chi connectivity index (χ0) is 17.5. The van der Waals surface area contributed by atoms with E-state index in [1.807, 2.05) is 18.8 Å². The van der Waals surface area contributed by atoms with Crippen LogP contribution < -0.4 is 10.6 Å². The topological polar surface area (TPSA) is 57.5 Å². The van der Waals surface area contributed by atoms with Gasteiger partial charge < -0.3 is 15.5 Å². The summed E-state index contributed by atoms with van der Waals surface area (Å²) in [5, 5.41) is 11.3. The molecule has 1 aliphatic rings. The predicted molar refractivity (Wildman–Crippen MR) is 116 cm³/mol. The van der Waals surface area contributed by atoms with Crippen LogP contribution in [0, 0.1) is 19.8 Å². The standard InChI is InChI=1S/C18H34N6.HI/c1-14(13-24-9-7-6-8-10-24)11-20-18(19-4)21-12-17-15(2)22-23(5)16(17)3;/h14H,6-13H2,1-5H3,(H2,19,20,21);1H. The van der Waals surface area contributed by atoms with Crippen molar-refractivity contribution in [2.24, 2.45) is 18.0 Å². The van der Waals surface area contributed by atoms with Crippen molar-refractivity contribution in [1.29, 1.82) is 0 Å². The number of aryl methyl sites for hydroxylation is 2. The van der Waals surface area contributed by atoms with Crippen LogP contribution in [0.1, 0.15) is 43.1 Å². The Morgan fingerprint density at radius 1 is 1.20 bits per heavy atom. The summed E-state index contributed by atoms with van der Waals surface area (Å²) in [6.45, 7) is 11.9. The molecule has 6 nitrogen and oxygen atoms in total. The Morgan fingerprint density at radius 3 is 2.44 bits per heavy atom. The van der Waals surface area contributed by atoms with Gasteiger partial charge in [-0.2, -0.15) is 5.10 Å². The molecule has 0 spiro atoms. The van der Waals surface area contributed by atoms with E-state index < -0.39 is 0 Å². The van der Waals surface area contributed by atoms with Crippen molar-refractivity contribution in [1.82, 2.24) is 25.3 Å². The lowest BCUT2D eigenvalue weighted by molar-refractivity contribution is 0.201. The molecule has 7 heteroatoms. The molecule has 1 atom stereocenters. The molecule has 2 N–H and O–H groups in total. The van der Waals surface area contributed by atoms with E-state index in [4.69, 9.17) is 0 Å². The van der Waals surface area contributed by atoms with E-state index >= 15 is 0 Å². The third-order valence-corrected chi connectivity index (χ3v) is 4.95. The summed E-state index contributed by atoms with van der Waals surface area (Å²) >= 11 is 0. The molecule has 0 amide bonds. The Balaban J connectivity index is 0.00000312. The van der Waals surface area contributed by atoms with E-state index in [1.165, 1.54) is 50.2 Å². The fourth-order valence-electron chi connectivity index (χ4n) is 3.38. The van der Waals surface area contributed by atoms with E-state index in [0.29, 0.717) is 5.92 Å². The van der Waals surface area contributed by atoms with Crippen molar-refractivity contribution < 1.29 is 0 Å². The number of hydrogen-bond acceptors (Lipinski definition) is 3. The zero-order valence-corrected chi connectivity index (χ0v) is 18.8. The molecule has 1 saturated heterocycles. The normalized spacial score (nSPS) is 17.1. The van der Waals surface area contributed by atoms with Crippen LogP contribution in [0.4, 0.5) is 0 Å². The highest BCUT2D eigenvalue weighted by Gasteiger charge is 2.14. The Labute approximate surface area is 169 Å². The molecule has 0 radical (unpaired) electrons. The first-order chi connectivity index (χ1) is 11.5. The van der Waals surface area contributed by atoms with Crippen molar-refractivity contribution >= 4 is 29.9 Å². The minimum absolute atomic E-state index is 0. The molecule has 0 aromatic carbocycles. The molecule has 0 bridgehead atoms. The number of aliphatic imine (C=N–C) groups is 1. The Morgan fingerprint density at radius 2 is 1.88 bits per heavy atom. The van der Waals surface area contributed by atoms with Crippen LogP contribution in [0.3, 0.4) is 0 Å². The van der Waals surface area contributed by atoms with Gasteiger partial charge in [-0.15, -0.1) is 24.0 Å². The minimum Gasteiger partial charge on any atom is -0.356 e. The smallest absolute Gasteiger partial charge is 0.191 e. The van der Waals surface area contributed by atoms with E-state index in [-0.39, 0.29) is 24.0 Å². The molecule has 1 aromatic heterocycles. The van der Waals surface area contributed by atoms with Crippen molar-refractivity contribution in [3.8, 4) is 0 Å². The molecular weight excluding hydrogens is 427 g/mol. The van der Waals surface area contributed by atoms with E-state index in [2.05, 4.69) is 46.4 Å². The number of hydrogen-bond donors (Lipinski definition) is 2. The quantitative estimate of drug-likeness (QED) is 0.388. The van der Waals surface area contributed by atoms with Crippen molar-refractivity contribution in [3.05, 3.63) is 17.0 Å². The third-order valence-electron chi connectivity index (χ3n) is 4.95. The Bertz CT molecular complexity index is 548. The first kappa shape index (κ1) is 22.2. The van der Waals surface area contributed by atoms with Gasteiger partial charge in [0.05, 0.1) is 5.69 Å². The van der Waals surface area contributed by atoms with Crippen LogP contribution in [-0.4, -0.2) is 53.9 Å². The molecule has 0 saturated carbocycles. The minimum atomic E-state index is 0. The zero-order valence-electron chi connectivity index (χ0n) is 16.4. The van der Waals surface area contributed by atoms with Gasteiger partial charge in [0.2, 0.25) is 0 Å². The SMILES string of the molecule is CN=C(NCc1c(C)nn(C)c1C)NCC(C)CN1CCCCC1.I. The number of likely N-dealkylation sites (tertiary alicyclic amines) is 1. The molecule has 1 fully saturated rings. The fraction of sp³-hybridized carbons (Fsp3) is 0.778. The molecule has 1 unspecified atom stereocenters. The van der Waals surface area contributed by atoms with Gasteiger partial charge in [-0.3, -0.25) is 9.67 Å². The van der Waals surface area contributed by atoms with Gasteiger partial charge in [0.25, 0.3) is 0 Å². The van der Waals surface area contributed by atoms with Crippen LogP contribution in [0.15, 0.2) is 4.99 Å². The molecular formula is C18H35IN6. The highest BCUT2D eigenvalue weighted by atomic mass is 127. The first-order valence-corrected chi connectivity index (χ1v) is 9.17. The average Bonchev–Trinajstić information content (AvgIpc) is 2.81. The summed E-state index contributed by atoms with van der Waals surface area (Å²) in [5.74, 6) is 1.48. The number of halogens is 1. The maximum absolute atomic E-state index is 4.46. The summed E-state index contributed by atoms with van der Waals surface area (Å²) in [6, 6.07) is 0. The first-order valence-electron chi connectivity index (χ1n) is 9.17. The van der Waals surface area contributed by atoms with Crippen LogP contribution in [-0.2, 0) is 13.6 Å².